The molecule has 0 radical (unpaired) electrons. The van der Waals surface area contributed by atoms with Gasteiger partial charge in [-0.1, -0.05) is 18.1 Å². The number of amides is 1. The van der Waals surface area contributed by atoms with Gasteiger partial charge in [0.05, 0.1) is 17.8 Å². The Kier molecular flexibility index (Phi) is 3.84. The number of terminal acetylenes is 1. The lowest BCUT2D eigenvalue weighted by molar-refractivity contribution is 0.0959. The van der Waals surface area contributed by atoms with Crippen molar-refractivity contribution in [2.45, 2.75) is 0 Å². The molecule has 1 aromatic carbocycles. The van der Waals surface area contributed by atoms with Gasteiger partial charge in [0.25, 0.3) is 5.91 Å². The van der Waals surface area contributed by atoms with Crippen molar-refractivity contribution in [3.63, 3.8) is 0 Å². The SMILES string of the molecule is C#CCNC(=O)c1ccccc1N=C=O. The molecule has 4 heteroatoms. The summed E-state index contributed by atoms with van der Waals surface area (Å²) in [7, 11) is 0. The van der Waals surface area contributed by atoms with Gasteiger partial charge in [-0.2, -0.15) is 4.99 Å². The zero-order valence-electron chi connectivity index (χ0n) is 7.86. The first-order valence-corrected chi connectivity index (χ1v) is 4.18. The summed E-state index contributed by atoms with van der Waals surface area (Å²) < 4.78 is 0. The van der Waals surface area contributed by atoms with E-state index in [-0.39, 0.29) is 18.1 Å². The van der Waals surface area contributed by atoms with Crippen LogP contribution in [0.5, 0.6) is 0 Å². The first-order valence-electron chi connectivity index (χ1n) is 4.18. The molecule has 4 nitrogen and oxygen atoms in total. The maximum atomic E-state index is 11.5. The molecule has 1 N–H and O–H groups in total. The smallest absolute Gasteiger partial charge is 0.254 e. The van der Waals surface area contributed by atoms with E-state index in [9.17, 15) is 9.59 Å². The largest absolute Gasteiger partial charge is 0.341 e. The molecule has 0 saturated carbocycles. The highest BCUT2D eigenvalue weighted by Gasteiger charge is 2.08. The number of nitrogens with one attached hydrogen (secondary N) is 1. The molecule has 74 valence electrons. The van der Waals surface area contributed by atoms with Crippen LogP contribution in [0.25, 0.3) is 0 Å². The predicted octanol–water partition coefficient (Wildman–Crippen LogP) is 1.02. The Hall–Kier alpha value is -2.37. The number of carbonyl (C=O) groups is 1. The van der Waals surface area contributed by atoms with Gasteiger partial charge < -0.3 is 5.32 Å². The van der Waals surface area contributed by atoms with E-state index in [1.54, 1.807) is 24.3 Å². The van der Waals surface area contributed by atoms with Crippen molar-refractivity contribution in [2.24, 2.45) is 4.99 Å². The Labute approximate surface area is 87.0 Å². The lowest BCUT2D eigenvalue weighted by Gasteiger charge is -2.03. The van der Waals surface area contributed by atoms with Crippen LogP contribution in [0, 0.1) is 12.3 Å². The highest BCUT2D eigenvalue weighted by atomic mass is 16.1. The van der Waals surface area contributed by atoms with Crippen LogP contribution in [0.2, 0.25) is 0 Å². The van der Waals surface area contributed by atoms with Gasteiger partial charge in [-0.25, -0.2) is 4.79 Å². The summed E-state index contributed by atoms with van der Waals surface area (Å²) >= 11 is 0. The van der Waals surface area contributed by atoms with E-state index in [4.69, 9.17) is 6.42 Å². The first-order chi connectivity index (χ1) is 7.29. The van der Waals surface area contributed by atoms with E-state index in [0.29, 0.717) is 5.56 Å². The Morgan fingerprint density at radius 1 is 1.47 bits per heavy atom. The lowest BCUT2D eigenvalue weighted by Crippen LogP contribution is -2.23. The Morgan fingerprint density at radius 2 is 2.20 bits per heavy atom. The molecule has 1 rings (SSSR count). The second kappa shape index (κ2) is 5.38. The lowest BCUT2D eigenvalue weighted by atomic mass is 10.1. The standard InChI is InChI=1S/C11H8N2O2/c1-2-7-12-11(15)9-5-3-4-6-10(9)13-8-14/h1,3-6H,7H2,(H,12,15). The van der Waals surface area contributed by atoms with Crippen LogP contribution in [0.1, 0.15) is 10.4 Å². The number of benzene rings is 1. The van der Waals surface area contributed by atoms with Gasteiger partial charge in [-0.15, -0.1) is 6.42 Å². The Balaban J connectivity index is 2.98. The summed E-state index contributed by atoms with van der Waals surface area (Å²) in [6.07, 6.45) is 6.39. The number of rotatable bonds is 3. The molecule has 1 aromatic rings. The highest BCUT2D eigenvalue weighted by Crippen LogP contribution is 2.17. The summed E-state index contributed by atoms with van der Waals surface area (Å²) in [5.41, 5.74) is 0.582. The third-order valence-electron chi connectivity index (χ3n) is 1.67. The molecule has 0 aromatic heterocycles. The summed E-state index contributed by atoms with van der Waals surface area (Å²) in [4.78, 5) is 25.0. The van der Waals surface area contributed by atoms with E-state index < -0.39 is 0 Å². The molecule has 15 heavy (non-hydrogen) atoms. The van der Waals surface area contributed by atoms with Gasteiger partial charge >= 0.3 is 0 Å². The second-order valence-corrected chi connectivity index (χ2v) is 2.61. The van der Waals surface area contributed by atoms with Gasteiger partial charge in [0.15, 0.2) is 0 Å². The number of aliphatic imine (C=N–C) groups is 1. The van der Waals surface area contributed by atoms with Crippen molar-refractivity contribution in [1.82, 2.24) is 5.32 Å². The van der Waals surface area contributed by atoms with E-state index >= 15 is 0 Å². The average Bonchev–Trinajstić information content (AvgIpc) is 2.27. The molecule has 0 spiro atoms. The molecule has 0 aliphatic heterocycles. The fourth-order valence-corrected chi connectivity index (χ4v) is 1.04. The van der Waals surface area contributed by atoms with Gasteiger partial charge in [0.2, 0.25) is 6.08 Å². The van der Waals surface area contributed by atoms with Crippen molar-refractivity contribution >= 4 is 17.7 Å². The van der Waals surface area contributed by atoms with Crippen LogP contribution < -0.4 is 5.32 Å². The van der Waals surface area contributed by atoms with Crippen molar-refractivity contribution in [1.29, 1.82) is 0 Å². The van der Waals surface area contributed by atoms with Gasteiger partial charge in [0.1, 0.15) is 0 Å². The van der Waals surface area contributed by atoms with Crippen LogP contribution in [0.3, 0.4) is 0 Å². The monoisotopic (exact) mass is 200 g/mol. The number of hydrogen-bond acceptors (Lipinski definition) is 3. The normalized spacial score (nSPS) is 8.47. The molecule has 0 aliphatic carbocycles. The van der Waals surface area contributed by atoms with Gasteiger partial charge in [0, 0.05) is 0 Å². The summed E-state index contributed by atoms with van der Waals surface area (Å²) in [5, 5.41) is 2.48. The molecular weight excluding hydrogens is 192 g/mol. The van der Waals surface area contributed by atoms with Gasteiger partial charge in [-0.3, -0.25) is 4.79 Å². The number of hydrogen-bond donors (Lipinski definition) is 1. The molecular formula is C11H8N2O2. The van der Waals surface area contributed by atoms with Gasteiger partial charge in [-0.05, 0) is 12.1 Å². The summed E-state index contributed by atoms with van der Waals surface area (Å²) in [5.74, 6) is 1.92. The fraction of sp³-hybridized carbons (Fsp3) is 0.0909. The van der Waals surface area contributed by atoms with E-state index in [1.165, 1.54) is 6.08 Å². The summed E-state index contributed by atoms with van der Waals surface area (Å²) in [6, 6.07) is 6.46. The molecule has 0 atom stereocenters. The maximum Gasteiger partial charge on any atom is 0.254 e. The number of para-hydroxylation sites is 1. The quantitative estimate of drug-likeness (QED) is 0.450. The molecule has 0 bridgehead atoms. The second-order valence-electron chi connectivity index (χ2n) is 2.61. The predicted molar refractivity (Wildman–Crippen MR) is 55.4 cm³/mol. The number of isocyanates is 1. The summed E-state index contributed by atoms with van der Waals surface area (Å²) in [6.45, 7) is 0.137. The van der Waals surface area contributed by atoms with Crippen LogP contribution in [0.4, 0.5) is 5.69 Å². The average molecular weight is 200 g/mol. The third kappa shape index (κ3) is 2.80. The van der Waals surface area contributed by atoms with Crippen molar-refractivity contribution in [3.05, 3.63) is 29.8 Å². The Morgan fingerprint density at radius 3 is 2.87 bits per heavy atom. The van der Waals surface area contributed by atoms with E-state index in [2.05, 4.69) is 16.2 Å². The van der Waals surface area contributed by atoms with Crippen molar-refractivity contribution < 1.29 is 9.59 Å². The minimum absolute atomic E-state index is 0.137. The molecule has 0 saturated heterocycles. The number of nitrogens with zero attached hydrogens (tertiary/aromatic N) is 1. The molecule has 1 amide bonds. The molecule has 0 heterocycles. The number of carbonyl (C=O) groups excluding carboxylic acids is 2. The third-order valence-corrected chi connectivity index (χ3v) is 1.67. The zero-order chi connectivity index (χ0) is 11.1. The topological polar surface area (TPSA) is 58.5 Å². The van der Waals surface area contributed by atoms with Crippen LogP contribution in [0.15, 0.2) is 29.3 Å². The molecule has 0 fully saturated rings. The Bertz CT molecular complexity index is 454. The van der Waals surface area contributed by atoms with E-state index in [1.807, 2.05) is 0 Å². The highest BCUT2D eigenvalue weighted by molar-refractivity contribution is 5.99. The molecule has 0 aliphatic rings. The van der Waals surface area contributed by atoms with Crippen molar-refractivity contribution in [3.8, 4) is 12.3 Å². The maximum absolute atomic E-state index is 11.5. The zero-order valence-corrected chi connectivity index (χ0v) is 7.86. The fourth-order valence-electron chi connectivity index (χ4n) is 1.04. The van der Waals surface area contributed by atoms with Crippen molar-refractivity contribution in [2.75, 3.05) is 6.54 Å². The van der Waals surface area contributed by atoms with E-state index in [0.717, 1.165) is 0 Å². The van der Waals surface area contributed by atoms with Crippen LogP contribution >= 0.6 is 0 Å². The minimum Gasteiger partial charge on any atom is -0.341 e. The van der Waals surface area contributed by atoms with Crippen LogP contribution in [-0.4, -0.2) is 18.5 Å². The minimum atomic E-state index is -0.359. The van der Waals surface area contributed by atoms with Crippen LogP contribution in [-0.2, 0) is 4.79 Å². The molecule has 0 unspecified atom stereocenters. The first kappa shape index (κ1) is 10.7.